The summed E-state index contributed by atoms with van der Waals surface area (Å²) in [6, 6.07) is 0.430. The molecule has 224 valence electrons. The Morgan fingerprint density at radius 1 is 0.952 bits per heavy atom. The molecular weight excluding hydrogens is 647 g/mol. The number of hydrogen-bond donors (Lipinski definition) is 4. The van der Waals surface area contributed by atoms with E-state index in [-0.39, 0.29) is 78.7 Å². The third kappa shape index (κ3) is 45.6. The molecule has 42 heavy (non-hydrogen) atoms. The third-order valence-electron chi connectivity index (χ3n) is 2.82. The second-order valence-electron chi connectivity index (χ2n) is 5.43. The zero-order valence-electron chi connectivity index (χ0n) is 25.8. The van der Waals surface area contributed by atoms with Gasteiger partial charge in [0.05, 0.1) is 35.0 Å². The van der Waals surface area contributed by atoms with Crippen LogP contribution in [-0.4, -0.2) is 101 Å². The zero-order chi connectivity index (χ0) is 31.3. The molecule has 6 N–H and O–H groups in total. The molecule has 0 aromatic rings. The summed E-state index contributed by atoms with van der Waals surface area (Å²) in [5, 5.41) is 39.9. The summed E-state index contributed by atoms with van der Waals surface area (Å²) in [6.45, 7) is 2.81. The van der Waals surface area contributed by atoms with Crippen LogP contribution in [-0.2, 0) is 56.8 Å². The van der Waals surface area contributed by atoms with Gasteiger partial charge in [-0.1, -0.05) is 11.8 Å². The van der Waals surface area contributed by atoms with Crippen molar-refractivity contribution in [2.24, 2.45) is 20.0 Å². The van der Waals surface area contributed by atoms with Crippen LogP contribution >= 0.6 is 11.8 Å². The number of rotatable bonds is 5. The molecule has 1 heterocycles. The van der Waals surface area contributed by atoms with E-state index in [9.17, 15) is 0 Å². The van der Waals surface area contributed by atoms with Crippen LogP contribution in [0.2, 0.25) is 0 Å². The fourth-order valence-corrected chi connectivity index (χ4v) is 2.23. The number of quaternary nitrogens is 1. The van der Waals surface area contributed by atoms with Gasteiger partial charge in [0, 0.05) is 18.8 Å². The van der Waals surface area contributed by atoms with Crippen LogP contribution in [0.15, 0.2) is 20.0 Å². The monoisotopic (exact) mass is 683 g/mol. The van der Waals surface area contributed by atoms with Gasteiger partial charge in [0.15, 0.2) is 29.5 Å². The maximum atomic E-state index is 8.12. The van der Waals surface area contributed by atoms with E-state index in [1.807, 2.05) is 6.19 Å². The number of ether oxygens (including phenoxy) is 4. The number of methoxy groups -OCH3 is 4. The van der Waals surface area contributed by atoms with Crippen molar-refractivity contribution in [1.29, 1.82) is 21.0 Å². The number of hydrogen-bond acceptors (Lipinski definition) is 16. The maximum Gasteiger partial charge on any atom is 1.00 e. The first-order chi connectivity index (χ1) is 19.4. The van der Waals surface area contributed by atoms with Crippen molar-refractivity contribution in [2.75, 3.05) is 77.6 Å². The molecule has 16 nitrogen and oxygen atoms in total. The first-order valence-electron chi connectivity index (χ1n) is 10.8. The molecule has 0 amide bonds. The number of nitriles is 4. The molecule has 0 aromatic carbocycles. The Hall–Kier alpha value is -1.40. The van der Waals surface area contributed by atoms with Crippen LogP contribution in [0.3, 0.4) is 0 Å². The smallest absolute Gasteiger partial charge is 0.791 e. The average Bonchev–Trinajstić information content (AvgIpc) is 3.51. The van der Waals surface area contributed by atoms with Crippen LogP contribution in [0.5, 0.6) is 0 Å². The van der Waals surface area contributed by atoms with E-state index in [1.54, 1.807) is 24.1 Å². The number of nitrogens with zero attached hydrogens (tertiary/aromatic N) is 8. The second-order valence-corrected chi connectivity index (χ2v) is 7.83. The molecule has 0 aromatic heterocycles. The van der Waals surface area contributed by atoms with Gasteiger partial charge >= 0.3 is 66.6 Å². The topological polar surface area (TPSA) is 245 Å². The Morgan fingerprint density at radius 3 is 1.62 bits per heavy atom. The normalized spacial score (nSPS) is 10.1. The van der Waals surface area contributed by atoms with Crippen LogP contribution in [0.25, 0.3) is 0 Å². The van der Waals surface area contributed by atoms with Crippen molar-refractivity contribution in [3.63, 3.8) is 0 Å². The molecule has 0 unspecified atom stereocenters. The standard InChI is InChI=1S/2C5H9N3OS.C4H5N3S.C4H6N2O2.C2H7NS.2Na/c2*1-9-5(8-4-6)7-2-3-10;5-3-7-4-6-1-2-8-4;1-7-4(8-2)6-3-5;3-1-2-4;;/h2*10H,2-3H2,1H3,(H,7,8);1-2H2,(H,6,7);1-2H3;4H,1-3H2;;/q;;;;;2*+1/p+1. The van der Waals surface area contributed by atoms with Crippen molar-refractivity contribution >= 4 is 72.9 Å². The first kappa shape index (κ1) is 53.2. The molecular formula is C20H37N12Na2O4S4+3. The molecule has 0 spiro atoms. The molecule has 1 rings (SSSR count). The Bertz CT molecular complexity index is 868. The molecule has 0 saturated carbocycles. The minimum absolute atomic E-state index is 0. The molecule has 0 aliphatic carbocycles. The van der Waals surface area contributed by atoms with Gasteiger partial charge in [-0.3, -0.25) is 10.3 Å². The van der Waals surface area contributed by atoms with E-state index < -0.39 is 0 Å². The summed E-state index contributed by atoms with van der Waals surface area (Å²) in [4.78, 5) is 14.7. The van der Waals surface area contributed by atoms with Crippen LogP contribution in [0, 0.1) is 45.8 Å². The fraction of sp³-hybridized carbons (Fsp3) is 0.600. The van der Waals surface area contributed by atoms with Crippen molar-refractivity contribution in [3.8, 4) is 24.8 Å². The van der Waals surface area contributed by atoms with Gasteiger partial charge in [-0.05, 0) is 12.6 Å². The SMILES string of the molecule is COC(=NC#N)OC.COC(=NCC[S-])NC#N.COC(=NCC[S-])NC#N.N#CNC1=NCCS1.[H+].[NH3+]CC[SH2+].[Na+].[Na+]. The summed E-state index contributed by atoms with van der Waals surface area (Å²) in [5.74, 6) is 3.07. The number of aliphatic imine (C=N–C) groups is 4. The quantitative estimate of drug-likeness (QED) is 0.0400. The molecule has 22 heteroatoms. The van der Waals surface area contributed by atoms with Crippen LogP contribution < -0.4 is 80.8 Å². The van der Waals surface area contributed by atoms with Gasteiger partial charge in [-0.15, -0.1) is 4.99 Å². The van der Waals surface area contributed by atoms with Crippen LogP contribution in [0.1, 0.15) is 1.43 Å². The van der Waals surface area contributed by atoms with E-state index in [4.69, 9.17) is 21.0 Å². The van der Waals surface area contributed by atoms with Crippen molar-refractivity contribution in [3.05, 3.63) is 0 Å². The number of amidine groups is 3. The van der Waals surface area contributed by atoms with Crippen molar-refractivity contribution in [1.82, 2.24) is 16.0 Å². The summed E-state index contributed by atoms with van der Waals surface area (Å²) < 4.78 is 18.2. The fourth-order valence-electron chi connectivity index (χ4n) is 1.37. The van der Waals surface area contributed by atoms with Crippen molar-refractivity contribution < 1.29 is 85.2 Å². The first-order valence-corrected chi connectivity index (χ1v) is 13.7. The van der Waals surface area contributed by atoms with Gasteiger partial charge in [0.1, 0.15) is 6.54 Å². The van der Waals surface area contributed by atoms with E-state index >= 15 is 0 Å². The summed E-state index contributed by atoms with van der Waals surface area (Å²) in [6.07, 6.45) is 6.67. The van der Waals surface area contributed by atoms with Gasteiger partial charge in [0.25, 0.3) is 12.0 Å². The molecule has 0 fully saturated rings. The molecule has 1 aliphatic rings. The van der Waals surface area contributed by atoms with Gasteiger partial charge in [0.2, 0.25) is 6.19 Å². The predicted molar refractivity (Wildman–Crippen MR) is 165 cm³/mol. The minimum atomic E-state index is -0.0208. The number of thioether (sulfide) groups is 1. The Balaban J connectivity index is -0.0000000757. The van der Waals surface area contributed by atoms with E-state index in [0.29, 0.717) is 24.6 Å². The van der Waals surface area contributed by atoms with E-state index in [1.165, 1.54) is 34.6 Å². The summed E-state index contributed by atoms with van der Waals surface area (Å²) in [7, 11) is 5.62. The summed E-state index contributed by atoms with van der Waals surface area (Å²) >= 11 is 14.1. The number of nitrogens with one attached hydrogen (secondary N) is 3. The Labute approximate surface area is 314 Å². The Morgan fingerprint density at radius 2 is 1.40 bits per heavy atom. The predicted octanol–water partition coefficient (Wildman–Crippen LogP) is -8.15. The zero-order valence-corrected chi connectivity index (χ0v) is 32.2. The van der Waals surface area contributed by atoms with Crippen LogP contribution in [0.4, 0.5) is 0 Å². The van der Waals surface area contributed by atoms with E-state index in [2.05, 4.69) is 98.5 Å². The van der Waals surface area contributed by atoms with Gasteiger partial charge in [-0.2, -0.15) is 32.6 Å². The van der Waals surface area contributed by atoms with Gasteiger partial charge < -0.3 is 49.9 Å². The van der Waals surface area contributed by atoms with E-state index in [0.717, 1.165) is 29.8 Å². The maximum absolute atomic E-state index is 8.12. The average molecular weight is 684 g/mol. The van der Waals surface area contributed by atoms with Gasteiger partial charge in [-0.25, -0.2) is 20.6 Å². The second kappa shape index (κ2) is 49.3. The third-order valence-corrected chi connectivity index (χ3v) is 4.43. The summed E-state index contributed by atoms with van der Waals surface area (Å²) in [5.41, 5.74) is 3.56. The molecule has 0 bridgehead atoms. The molecule has 0 radical (unpaired) electrons. The molecule has 1 aliphatic heterocycles. The Kier molecular flexibility index (Phi) is 62.4. The minimum Gasteiger partial charge on any atom is -0.791 e. The molecule has 0 saturated heterocycles. The molecule has 0 atom stereocenters. The van der Waals surface area contributed by atoms with Crippen molar-refractivity contribution in [2.45, 2.75) is 0 Å². The largest absolute Gasteiger partial charge is 1.00 e.